The van der Waals surface area contributed by atoms with E-state index < -0.39 is 0 Å². The van der Waals surface area contributed by atoms with Crippen molar-refractivity contribution in [3.05, 3.63) is 29.6 Å². The smallest absolute Gasteiger partial charge is 0.224 e. The van der Waals surface area contributed by atoms with Crippen LogP contribution in [0.15, 0.2) is 18.2 Å². The zero-order chi connectivity index (χ0) is 13.0. The molecule has 2 N–H and O–H groups in total. The molecule has 0 aliphatic carbocycles. The molecule has 0 aromatic heterocycles. The SMILES string of the molecule is Cc1cccc(F)c1NC(=O)CCC1CCNC1. The van der Waals surface area contributed by atoms with E-state index in [1.54, 1.807) is 19.1 Å². The Balaban J connectivity index is 1.86. The topological polar surface area (TPSA) is 41.1 Å². The molecule has 1 heterocycles. The first-order valence-electron chi connectivity index (χ1n) is 6.42. The largest absolute Gasteiger partial charge is 0.323 e. The number of rotatable bonds is 4. The standard InChI is InChI=1S/C14H19FN2O/c1-10-3-2-4-12(15)14(10)17-13(18)6-5-11-7-8-16-9-11/h2-4,11,16H,5-9H2,1H3,(H,17,18). The fourth-order valence-electron chi connectivity index (χ4n) is 2.29. The summed E-state index contributed by atoms with van der Waals surface area (Å²) >= 11 is 0. The number of halogens is 1. The lowest BCUT2D eigenvalue weighted by Crippen LogP contribution is -2.16. The molecule has 4 heteroatoms. The number of aryl methyl sites for hydroxylation is 1. The average molecular weight is 250 g/mol. The highest BCUT2D eigenvalue weighted by Crippen LogP contribution is 2.20. The molecule has 98 valence electrons. The van der Waals surface area contributed by atoms with Gasteiger partial charge in [-0.2, -0.15) is 0 Å². The number of hydrogen-bond donors (Lipinski definition) is 2. The monoisotopic (exact) mass is 250 g/mol. The molecule has 1 amide bonds. The predicted octanol–water partition coefficient (Wildman–Crippen LogP) is 2.46. The lowest BCUT2D eigenvalue weighted by Gasteiger charge is -2.11. The third-order valence-electron chi connectivity index (χ3n) is 3.43. The molecule has 2 rings (SSSR count). The van der Waals surface area contributed by atoms with Gasteiger partial charge in [-0.25, -0.2) is 4.39 Å². The van der Waals surface area contributed by atoms with Crippen molar-refractivity contribution in [2.75, 3.05) is 18.4 Å². The van der Waals surface area contributed by atoms with Crippen molar-refractivity contribution in [3.8, 4) is 0 Å². The maximum Gasteiger partial charge on any atom is 0.224 e. The van der Waals surface area contributed by atoms with Gasteiger partial charge >= 0.3 is 0 Å². The fourth-order valence-corrected chi connectivity index (χ4v) is 2.29. The van der Waals surface area contributed by atoms with Crippen LogP contribution in [0.5, 0.6) is 0 Å². The predicted molar refractivity (Wildman–Crippen MR) is 70.0 cm³/mol. The molecule has 0 saturated carbocycles. The van der Waals surface area contributed by atoms with E-state index in [0.717, 1.165) is 31.5 Å². The van der Waals surface area contributed by atoms with Crippen LogP contribution in [0, 0.1) is 18.7 Å². The van der Waals surface area contributed by atoms with Gasteiger partial charge in [-0.3, -0.25) is 4.79 Å². The van der Waals surface area contributed by atoms with Crippen molar-refractivity contribution in [2.45, 2.75) is 26.2 Å². The molecule has 0 bridgehead atoms. The summed E-state index contributed by atoms with van der Waals surface area (Å²) in [6.07, 6.45) is 2.46. The van der Waals surface area contributed by atoms with E-state index in [2.05, 4.69) is 10.6 Å². The van der Waals surface area contributed by atoms with E-state index in [1.807, 2.05) is 0 Å². The van der Waals surface area contributed by atoms with Crippen LogP contribution in [-0.4, -0.2) is 19.0 Å². The highest BCUT2D eigenvalue weighted by atomic mass is 19.1. The summed E-state index contributed by atoms with van der Waals surface area (Å²) < 4.78 is 13.5. The maximum absolute atomic E-state index is 13.5. The van der Waals surface area contributed by atoms with Gasteiger partial charge in [-0.15, -0.1) is 0 Å². The molecule has 18 heavy (non-hydrogen) atoms. The van der Waals surface area contributed by atoms with Crippen LogP contribution in [0.3, 0.4) is 0 Å². The third-order valence-corrected chi connectivity index (χ3v) is 3.43. The summed E-state index contributed by atoms with van der Waals surface area (Å²) in [6, 6.07) is 4.80. The zero-order valence-corrected chi connectivity index (χ0v) is 10.6. The van der Waals surface area contributed by atoms with Gasteiger partial charge in [-0.1, -0.05) is 12.1 Å². The molecule has 0 spiro atoms. The highest BCUT2D eigenvalue weighted by Gasteiger charge is 2.16. The Hall–Kier alpha value is -1.42. The molecular weight excluding hydrogens is 231 g/mol. The van der Waals surface area contributed by atoms with E-state index in [4.69, 9.17) is 0 Å². The quantitative estimate of drug-likeness (QED) is 0.862. The highest BCUT2D eigenvalue weighted by molar-refractivity contribution is 5.91. The van der Waals surface area contributed by atoms with E-state index in [1.165, 1.54) is 6.07 Å². The van der Waals surface area contributed by atoms with Gasteiger partial charge < -0.3 is 10.6 Å². The normalized spacial score (nSPS) is 18.9. The summed E-state index contributed by atoms with van der Waals surface area (Å²) in [5, 5.41) is 5.94. The summed E-state index contributed by atoms with van der Waals surface area (Å²) in [5.41, 5.74) is 1.07. The molecule has 1 aromatic carbocycles. The number of nitrogens with one attached hydrogen (secondary N) is 2. The van der Waals surface area contributed by atoms with Crippen molar-refractivity contribution in [1.29, 1.82) is 0 Å². The van der Waals surface area contributed by atoms with Crippen molar-refractivity contribution in [3.63, 3.8) is 0 Å². The summed E-state index contributed by atoms with van der Waals surface area (Å²) in [7, 11) is 0. The van der Waals surface area contributed by atoms with Gasteiger partial charge in [-0.05, 0) is 50.4 Å². The molecule has 1 atom stereocenters. The Morgan fingerprint density at radius 1 is 1.56 bits per heavy atom. The van der Waals surface area contributed by atoms with Crippen LogP contribution in [-0.2, 0) is 4.79 Å². The second kappa shape index (κ2) is 5.96. The number of carbonyl (C=O) groups is 1. The Morgan fingerprint density at radius 2 is 2.39 bits per heavy atom. The first kappa shape index (κ1) is 13.0. The molecule has 0 radical (unpaired) electrons. The Kier molecular flexibility index (Phi) is 4.31. The fraction of sp³-hybridized carbons (Fsp3) is 0.500. The second-order valence-electron chi connectivity index (χ2n) is 4.88. The second-order valence-corrected chi connectivity index (χ2v) is 4.88. The third kappa shape index (κ3) is 3.29. The van der Waals surface area contributed by atoms with Crippen LogP contribution >= 0.6 is 0 Å². The van der Waals surface area contributed by atoms with Gasteiger partial charge in [0.25, 0.3) is 0 Å². The Morgan fingerprint density at radius 3 is 3.06 bits per heavy atom. The molecule has 1 aliphatic heterocycles. The van der Waals surface area contributed by atoms with E-state index in [0.29, 0.717) is 18.0 Å². The number of anilines is 1. The maximum atomic E-state index is 13.5. The zero-order valence-electron chi connectivity index (χ0n) is 10.6. The Bertz CT molecular complexity index is 408. The molecule has 1 unspecified atom stereocenters. The lowest BCUT2D eigenvalue weighted by atomic mass is 10.0. The number of hydrogen-bond acceptors (Lipinski definition) is 2. The molecule has 1 fully saturated rings. The van der Waals surface area contributed by atoms with E-state index >= 15 is 0 Å². The molecule has 1 aromatic rings. The number of benzene rings is 1. The van der Waals surface area contributed by atoms with Gasteiger partial charge in [0.2, 0.25) is 5.91 Å². The summed E-state index contributed by atoms with van der Waals surface area (Å²) in [4.78, 5) is 11.8. The van der Waals surface area contributed by atoms with E-state index in [9.17, 15) is 9.18 Å². The molecular formula is C14H19FN2O. The van der Waals surface area contributed by atoms with E-state index in [-0.39, 0.29) is 11.7 Å². The van der Waals surface area contributed by atoms with Gasteiger partial charge in [0.15, 0.2) is 0 Å². The van der Waals surface area contributed by atoms with Crippen LogP contribution in [0.4, 0.5) is 10.1 Å². The van der Waals surface area contributed by atoms with Gasteiger partial charge in [0.05, 0.1) is 5.69 Å². The van der Waals surface area contributed by atoms with Crippen molar-refractivity contribution in [1.82, 2.24) is 5.32 Å². The summed E-state index contributed by atoms with van der Waals surface area (Å²) in [5.74, 6) is 0.110. The number of para-hydroxylation sites is 1. The average Bonchev–Trinajstić information content (AvgIpc) is 2.84. The molecule has 1 saturated heterocycles. The van der Waals surface area contributed by atoms with Crippen LogP contribution in [0.1, 0.15) is 24.8 Å². The number of carbonyl (C=O) groups excluding carboxylic acids is 1. The first-order chi connectivity index (χ1) is 8.66. The van der Waals surface area contributed by atoms with Crippen LogP contribution in [0.2, 0.25) is 0 Å². The van der Waals surface area contributed by atoms with Crippen LogP contribution in [0.25, 0.3) is 0 Å². The molecule has 1 aliphatic rings. The number of amides is 1. The van der Waals surface area contributed by atoms with Gasteiger partial charge in [0.1, 0.15) is 5.82 Å². The van der Waals surface area contributed by atoms with Crippen LogP contribution < -0.4 is 10.6 Å². The molecule has 3 nitrogen and oxygen atoms in total. The van der Waals surface area contributed by atoms with Crippen molar-refractivity contribution < 1.29 is 9.18 Å². The van der Waals surface area contributed by atoms with Crippen molar-refractivity contribution >= 4 is 11.6 Å². The minimum Gasteiger partial charge on any atom is -0.323 e. The minimum absolute atomic E-state index is 0.102. The summed E-state index contributed by atoms with van der Waals surface area (Å²) in [6.45, 7) is 3.82. The minimum atomic E-state index is -0.370. The first-order valence-corrected chi connectivity index (χ1v) is 6.42. The van der Waals surface area contributed by atoms with Crippen molar-refractivity contribution in [2.24, 2.45) is 5.92 Å². The lowest BCUT2D eigenvalue weighted by molar-refractivity contribution is -0.116. The Labute approximate surface area is 107 Å². The van der Waals surface area contributed by atoms with Gasteiger partial charge in [0, 0.05) is 6.42 Å².